The summed E-state index contributed by atoms with van der Waals surface area (Å²) >= 11 is 5.79. The third-order valence-corrected chi connectivity index (χ3v) is 5.16. The van der Waals surface area contributed by atoms with Crippen LogP contribution in [0.1, 0.15) is 28.8 Å². The Morgan fingerprint density at radius 3 is 2.87 bits per heavy atom. The van der Waals surface area contributed by atoms with Gasteiger partial charge in [-0.1, -0.05) is 18.7 Å². The van der Waals surface area contributed by atoms with E-state index in [1.807, 2.05) is 24.1 Å². The molecule has 1 aromatic carbocycles. The molecule has 0 aliphatic carbocycles. The van der Waals surface area contributed by atoms with Crippen molar-refractivity contribution < 1.29 is 9.59 Å². The van der Waals surface area contributed by atoms with Gasteiger partial charge in [0.05, 0.1) is 6.04 Å². The molecule has 2 heterocycles. The van der Waals surface area contributed by atoms with Gasteiger partial charge in [-0.15, -0.1) is 0 Å². The van der Waals surface area contributed by atoms with E-state index in [0.29, 0.717) is 37.4 Å². The Balaban J connectivity index is 1.64. The van der Waals surface area contributed by atoms with Crippen molar-refractivity contribution >= 4 is 35.3 Å². The highest BCUT2D eigenvalue weighted by Gasteiger charge is 2.28. The van der Waals surface area contributed by atoms with Crippen LogP contribution in [-0.2, 0) is 11.3 Å². The van der Waals surface area contributed by atoms with Crippen molar-refractivity contribution in [2.45, 2.75) is 25.4 Å². The van der Waals surface area contributed by atoms with Gasteiger partial charge in [0.1, 0.15) is 12.1 Å². The number of hydrogen-bond acceptors (Lipinski definition) is 7. The lowest BCUT2D eigenvalue weighted by Gasteiger charge is -2.32. The van der Waals surface area contributed by atoms with Gasteiger partial charge in [0, 0.05) is 42.8 Å². The van der Waals surface area contributed by atoms with Crippen LogP contribution in [0.4, 0.5) is 11.5 Å². The fraction of sp³-hybridized carbons (Fsp3) is 0.333. The van der Waals surface area contributed by atoms with Crippen molar-refractivity contribution in [1.82, 2.24) is 20.2 Å². The first-order chi connectivity index (χ1) is 14.5. The minimum atomic E-state index is -0.257. The van der Waals surface area contributed by atoms with E-state index in [4.69, 9.17) is 11.6 Å². The summed E-state index contributed by atoms with van der Waals surface area (Å²) < 4.78 is 0. The molecule has 9 heteroatoms. The molecule has 0 radical (unpaired) electrons. The van der Waals surface area contributed by atoms with E-state index in [9.17, 15) is 9.59 Å². The van der Waals surface area contributed by atoms with Crippen LogP contribution in [0.15, 0.2) is 42.7 Å². The molecule has 2 aromatic rings. The quantitative estimate of drug-likeness (QED) is 0.321. The highest BCUT2D eigenvalue weighted by Crippen LogP contribution is 2.24. The minimum absolute atomic E-state index is 0.0560. The Hall–Kier alpha value is -2.97. The molecule has 0 saturated carbocycles. The van der Waals surface area contributed by atoms with E-state index in [0.717, 1.165) is 29.7 Å². The van der Waals surface area contributed by atoms with E-state index >= 15 is 0 Å². The van der Waals surface area contributed by atoms with Crippen LogP contribution in [0.25, 0.3) is 0 Å². The molecule has 3 N–H and O–H groups in total. The Labute approximate surface area is 180 Å². The van der Waals surface area contributed by atoms with Crippen molar-refractivity contribution in [2.24, 2.45) is 0 Å². The number of amides is 1. The second-order valence-corrected chi connectivity index (χ2v) is 7.46. The van der Waals surface area contributed by atoms with Gasteiger partial charge in [0.15, 0.2) is 0 Å². The van der Waals surface area contributed by atoms with Crippen molar-refractivity contribution in [3.8, 4) is 0 Å². The number of hydrogen-bond donors (Lipinski definition) is 3. The molecule has 0 bridgehead atoms. The zero-order valence-electron chi connectivity index (χ0n) is 16.8. The average Bonchev–Trinajstić information content (AvgIpc) is 2.72. The van der Waals surface area contributed by atoms with E-state index in [2.05, 4.69) is 32.5 Å². The van der Waals surface area contributed by atoms with Gasteiger partial charge < -0.3 is 16.0 Å². The number of anilines is 2. The molecule has 1 unspecified atom stereocenters. The first-order valence-corrected chi connectivity index (χ1v) is 10.1. The Kier molecular flexibility index (Phi) is 7.37. The number of aldehydes is 1. The highest BCUT2D eigenvalue weighted by atomic mass is 35.5. The molecule has 158 valence electrons. The number of halogens is 1. The van der Waals surface area contributed by atoms with E-state index in [1.54, 1.807) is 18.3 Å². The lowest BCUT2D eigenvalue weighted by molar-refractivity contribution is -0.126. The molecular weight excluding hydrogens is 404 g/mol. The Morgan fingerprint density at radius 1 is 1.33 bits per heavy atom. The van der Waals surface area contributed by atoms with Gasteiger partial charge in [0.25, 0.3) is 0 Å². The third-order valence-electron chi connectivity index (χ3n) is 4.97. The van der Waals surface area contributed by atoms with Crippen LogP contribution in [-0.4, -0.2) is 53.2 Å². The number of carbonyl (C=O) groups excluding carboxylic acids is 2. The second kappa shape index (κ2) is 10.2. The van der Waals surface area contributed by atoms with Crippen molar-refractivity contribution in [3.05, 3.63) is 59.1 Å². The van der Waals surface area contributed by atoms with Gasteiger partial charge >= 0.3 is 0 Å². The second-order valence-electron chi connectivity index (χ2n) is 7.12. The summed E-state index contributed by atoms with van der Waals surface area (Å²) in [4.78, 5) is 33.8. The maximum Gasteiger partial charge on any atom is 0.241 e. The molecule has 3 rings (SSSR count). The summed E-state index contributed by atoms with van der Waals surface area (Å²) in [5, 5.41) is 9.53. The van der Waals surface area contributed by atoms with Crippen molar-refractivity contribution in [2.75, 3.05) is 30.8 Å². The van der Waals surface area contributed by atoms with E-state index in [1.165, 1.54) is 0 Å². The lowest BCUT2D eigenvalue weighted by Crippen LogP contribution is -2.47. The predicted octanol–water partition coefficient (Wildman–Crippen LogP) is 2.69. The number of nitrogens with one attached hydrogen (secondary N) is 3. The molecule has 1 atom stereocenters. The summed E-state index contributed by atoms with van der Waals surface area (Å²) in [6.45, 7) is 5.49. The molecule has 0 spiro atoms. The largest absolute Gasteiger partial charge is 0.383 e. The topological polar surface area (TPSA) is 99.2 Å². The summed E-state index contributed by atoms with van der Waals surface area (Å²) in [6, 6.07) is 7.03. The van der Waals surface area contributed by atoms with Crippen LogP contribution in [0.5, 0.6) is 0 Å². The standard InChI is InChI=1S/C21H25ClN6O2/c1-14-6-7-18(20(30)26-14)28(2)12-16-15(13-29)4-3-5-17(16)23-10-11-24-19-8-9-25-21(22)27-19/h3-5,8-9,13,18,23H,1,6-7,10-12H2,2H3,(H,26,30)(H,24,25,27). The first kappa shape index (κ1) is 21.7. The smallest absolute Gasteiger partial charge is 0.241 e. The number of nitrogens with zero attached hydrogens (tertiary/aromatic N) is 3. The molecule has 1 saturated heterocycles. The third kappa shape index (κ3) is 5.55. The predicted molar refractivity (Wildman–Crippen MR) is 118 cm³/mol. The van der Waals surface area contributed by atoms with Crippen LogP contribution < -0.4 is 16.0 Å². The van der Waals surface area contributed by atoms with Gasteiger partial charge in [-0.25, -0.2) is 9.97 Å². The Bertz CT molecular complexity index is 935. The number of piperidine rings is 1. The van der Waals surface area contributed by atoms with E-state index in [-0.39, 0.29) is 17.2 Å². The van der Waals surface area contributed by atoms with Crippen molar-refractivity contribution in [1.29, 1.82) is 0 Å². The van der Waals surface area contributed by atoms with Crippen molar-refractivity contribution in [3.63, 3.8) is 0 Å². The molecule has 1 aromatic heterocycles. The van der Waals surface area contributed by atoms with Gasteiger partial charge in [-0.3, -0.25) is 14.5 Å². The number of carbonyl (C=O) groups is 2. The minimum Gasteiger partial charge on any atom is -0.383 e. The monoisotopic (exact) mass is 428 g/mol. The molecular formula is C21H25ClN6O2. The van der Waals surface area contributed by atoms with Gasteiger partial charge in [-0.2, -0.15) is 0 Å². The van der Waals surface area contributed by atoms with Gasteiger partial charge in [-0.05, 0) is 49.2 Å². The molecule has 1 amide bonds. The van der Waals surface area contributed by atoms with Crippen LogP contribution in [0.2, 0.25) is 5.28 Å². The number of aromatic nitrogens is 2. The number of likely N-dealkylation sites (N-methyl/N-ethyl adjacent to an activating group) is 1. The van der Waals surface area contributed by atoms with Crippen LogP contribution in [0.3, 0.4) is 0 Å². The summed E-state index contributed by atoms with van der Waals surface area (Å²) in [6.07, 6.45) is 3.89. The average molecular weight is 429 g/mol. The van der Waals surface area contributed by atoms with E-state index < -0.39 is 0 Å². The normalized spacial score (nSPS) is 16.3. The maximum atomic E-state index is 12.3. The fourth-order valence-corrected chi connectivity index (χ4v) is 3.57. The zero-order chi connectivity index (χ0) is 21.5. The fourth-order valence-electron chi connectivity index (χ4n) is 3.42. The zero-order valence-corrected chi connectivity index (χ0v) is 17.6. The molecule has 1 fully saturated rings. The van der Waals surface area contributed by atoms with Gasteiger partial charge in [0.2, 0.25) is 11.2 Å². The summed E-state index contributed by atoms with van der Waals surface area (Å²) in [7, 11) is 1.89. The number of rotatable bonds is 9. The molecule has 8 nitrogen and oxygen atoms in total. The molecule has 1 aliphatic rings. The summed E-state index contributed by atoms with van der Waals surface area (Å²) in [5.41, 5.74) is 3.06. The van der Waals surface area contributed by atoms with Crippen LogP contribution in [0, 0.1) is 0 Å². The highest BCUT2D eigenvalue weighted by molar-refractivity contribution is 6.28. The maximum absolute atomic E-state index is 12.3. The number of allylic oxidation sites excluding steroid dienone is 1. The molecule has 30 heavy (non-hydrogen) atoms. The lowest BCUT2D eigenvalue weighted by atomic mass is 10.0. The molecule has 1 aliphatic heterocycles. The first-order valence-electron chi connectivity index (χ1n) is 9.70. The number of benzene rings is 1. The van der Waals surface area contributed by atoms with Crippen LogP contribution >= 0.6 is 11.6 Å². The SMILES string of the molecule is C=C1CCC(N(C)Cc2c(C=O)cccc2NCCNc2ccnc(Cl)n2)C(=O)N1. The summed E-state index contributed by atoms with van der Waals surface area (Å²) in [5.74, 6) is 0.586. The Morgan fingerprint density at radius 2 is 2.13 bits per heavy atom.